The average molecular weight is 136 g/mol. The summed E-state index contributed by atoms with van der Waals surface area (Å²) in [6.07, 6.45) is 4.88. The number of rotatable bonds is 0. The Morgan fingerprint density at radius 3 is 3.30 bits per heavy atom. The molecule has 10 heavy (non-hydrogen) atoms. The highest BCUT2D eigenvalue weighted by atomic mass is 19.1. The molecule has 0 atom stereocenters. The van der Waals surface area contributed by atoms with Crippen LogP contribution in [0.15, 0.2) is 30.9 Å². The van der Waals surface area contributed by atoms with Crippen molar-refractivity contribution in [1.82, 2.24) is 9.38 Å². The van der Waals surface area contributed by atoms with Gasteiger partial charge in [-0.15, -0.1) is 0 Å². The first-order chi connectivity index (χ1) is 4.86. The van der Waals surface area contributed by atoms with E-state index >= 15 is 0 Å². The van der Waals surface area contributed by atoms with Crippen molar-refractivity contribution < 1.29 is 4.39 Å². The Morgan fingerprint density at radius 1 is 1.50 bits per heavy atom. The minimum atomic E-state index is -0.229. The van der Waals surface area contributed by atoms with E-state index in [1.807, 2.05) is 0 Å². The quantitative estimate of drug-likeness (QED) is 0.536. The first-order valence-electron chi connectivity index (χ1n) is 2.93. The van der Waals surface area contributed by atoms with Gasteiger partial charge in [0.05, 0.1) is 18.0 Å². The van der Waals surface area contributed by atoms with Crippen LogP contribution in [-0.2, 0) is 0 Å². The standard InChI is InChI=1S/C7H5FN2/c8-6-1-2-10-5-9-4-7(10)3-6/h1-5H. The van der Waals surface area contributed by atoms with Crippen LogP contribution in [0.3, 0.4) is 0 Å². The molecule has 0 saturated carbocycles. The summed E-state index contributed by atoms with van der Waals surface area (Å²) in [6, 6.07) is 2.84. The number of nitrogens with zero attached hydrogens (tertiary/aromatic N) is 2. The summed E-state index contributed by atoms with van der Waals surface area (Å²) in [7, 11) is 0. The largest absolute Gasteiger partial charge is 0.306 e. The summed E-state index contributed by atoms with van der Waals surface area (Å²) in [5.41, 5.74) is 0.778. The highest BCUT2D eigenvalue weighted by Gasteiger charge is 1.92. The number of pyridine rings is 1. The van der Waals surface area contributed by atoms with E-state index in [1.54, 1.807) is 23.1 Å². The Labute approximate surface area is 56.9 Å². The van der Waals surface area contributed by atoms with Gasteiger partial charge in [0.2, 0.25) is 0 Å². The molecule has 0 aliphatic rings. The normalized spacial score (nSPS) is 10.5. The molecule has 2 rings (SSSR count). The van der Waals surface area contributed by atoms with Crippen molar-refractivity contribution in [3.05, 3.63) is 36.7 Å². The summed E-state index contributed by atoms with van der Waals surface area (Å²) in [4.78, 5) is 3.84. The van der Waals surface area contributed by atoms with E-state index in [1.165, 1.54) is 12.1 Å². The molecule has 0 aliphatic carbocycles. The lowest BCUT2D eigenvalue weighted by atomic mass is 10.4. The molecule has 2 aromatic heterocycles. The van der Waals surface area contributed by atoms with Crippen molar-refractivity contribution >= 4 is 5.52 Å². The van der Waals surface area contributed by atoms with Gasteiger partial charge in [0.15, 0.2) is 0 Å². The maximum atomic E-state index is 12.5. The van der Waals surface area contributed by atoms with Crippen molar-refractivity contribution in [2.24, 2.45) is 0 Å². The minimum absolute atomic E-state index is 0.229. The Balaban J connectivity index is 2.86. The van der Waals surface area contributed by atoms with Gasteiger partial charge in [-0.05, 0) is 12.1 Å². The molecule has 0 aliphatic heterocycles. The lowest BCUT2D eigenvalue weighted by Gasteiger charge is -1.90. The summed E-state index contributed by atoms with van der Waals surface area (Å²) in [5, 5.41) is 0. The van der Waals surface area contributed by atoms with Crippen LogP contribution in [0.1, 0.15) is 0 Å². The maximum absolute atomic E-state index is 12.5. The van der Waals surface area contributed by atoms with E-state index < -0.39 is 0 Å². The summed E-state index contributed by atoms with van der Waals surface area (Å²) in [6.45, 7) is 0. The Bertz CT molecular complexity index is 353. The fourth-order valence-corrected chi connectivity index (χ4v) is 0.892. The topological polar surface area (TPSA) is 17.3 Å². The van der Waals surface area contributed by atoms with Crippen molar-refractivity contribution in [2.45, 2.75) is 0 Å². The van der Waals surface area contributed by atoms with Crippen molar-refractivity contribution in [1.29, 1.82) is 0 Å². The number of halogens is 1. The Hall–Kier alpha value is -1.38. The van der Waals surface area contributed by atoms with Gasteiger partial charge in [-0.3, -0.25) is 0 Å². The fourth-order valence-electron chi connectivity index (χ4n) is 0.892. The average Bonchev–Trinajstić information content (AvgIpc) is 2.33. The number of hydrogen-bond acceptors (Lipinski definition) is 1. The van der Waals surface area contributed by atoms with Crippen LogP contribution in [0.4, 0.5) is 4.39 Å². The molecule has 0 aromatic carbocycles. The van der Waals surface area contributed by atoms with E-state index in [0.29, 0.717) is 0 Å². The maximum Gasteiger partial charge on any atom is 0.126 e. The van der Waals surface area contributed by atoms with Gasteiger partial charge in [0.25, 0.3) is 0 Å². The third-order valence-electron chi connectivity index (χ3n) is 1.38. The molecule has 0 amide bonds. The van der Waals surface area contributed by atoms with Gasteiger partial charge >= 0.3 is 0 Å². The molecule has 0 saturated heterocycles. The van der Waals surface area contributed by atoms with Gasteiger partial charge < -0.3 is 4.40 Å². The Kier molecular flexibility index (Phi) is 0.974. The lowest BCUT2D eigenvalue weighted by molar-refractivity contribution is 0.627. The predicted molar refractivity (Wildman–Crippen MR) is 35.2 cm³/mol. The molecule has 2 aromatic rings. The highest BCUT2D eigenvalue weighted by Crippen LogP contribution is 2.03. The molecular weight excluding hydrogens is 131 g/mol. The van der Waals surface area contributed by atoms with E-state index in [-0.39, 0.29) is 5.82 Å². The summed E-state index contributed by atoms with van der Waals surface area (Å²) in [5.74, 6) is -0.229. The monoisotopic (exact) mass is 136 g/mol. The second-order valence-corrected chi connectivity index (χ2v) is 2.07. The van der Waals surface area contributed by atoms with E-state index in [0.717, 1.165) is 5.52 Å². The van der Waals surface area contributed by atoms with E-state index in [9.17, 15) is 4.39 Å². The molecule has 2 nitrogen and oxygen atoms in total. The molecule has 0 spiro atoms. The third kappa shape index (κ3) is 0.673. The molecule has 2 heterocycles. The van der Waals surface area contributed by atoms with Crippen molar-refractivity contribution in [3.63, 3.8) is 0 Å². The SMILES string of the molecule is Fc1ccn2cncc2c1. The predicted octanol–water partition coefficient (Wildman–Crippen LogP) is 1.47. The summed E-state index contributed by atoms with van der Waals surface area (Å²) >= 11 is 0. The van der Waals surface area contributed by atoms with E-state index in [2.05, 4.69) is 4.98 Å². The highest BCUT2D eigenvalue weighted by molar-refractivity contribution is 5.44. The lowest BCUT2D eigenvalue weighted by Crippen LogP contribution is -1.81. The van der Waals surface area contributed by atoms with Crippen LogP contribution in [0, 0.1) is 5.82 Å². The van der Waals surface area contributed by atoms with Crippen molar-refractivity contribution in [2.75, 3.05) is 0 Å². The minimum Gasteiger partial charge on any atom is -0.306 e. The van der Waals surface area contributed by atoms with Gasteiger partial charge in [0.1, 0.15) is 5.82 Å². The van der Waals surface area contributed by atoms with Crippen LogP contribution in [0.5, 0.6) is 0 Å². The zero-order valence-electron chi connectivity index (χ0n) is 5.16. The van der Waals surface area contributed by atoms with Crippen LogP contribution >= 0.6 is 0 Å². The first-order valence-corrected chi connectivity index (χ1v) is 2.93. The van der Waals surface area contributed by atoms with Crippen LogP contribution in [0.25, 0.3) is 5.52 Å². The van der Waals surface area contributed by atoms with Gasteiger partial charge in [-0.2, -0.15) is 0 Å². The second kappa shape index (κ2) is 1.80. The molecule has 0 N–H and O–H groups in total. The second-order valence-electron chi connectivity index (χ2n) is 2.07. The number of imidazole rings is 1. The molecule has 3 heteroatoms. The number of fused-ring (bicyclic) bond motifs is 1. The van der Waals surface area contributed by atoms with Crippen LogP contribution in [0.2, 0.25) is 0 Å². The smallest absolute Gasteiger partial charge is 0.126 e. The third-order valence-corrected chi connectivity index (χ3v) is 1.38. The molecule has 50 valence electrons. The number of hydrogen-bond donors (Lipinski definition) is 0. The zero-order chi connectivity index (χ0) is 6.97. The van der Waals surface area contributed by atoms with Crippen molar-refractivity contribution in [3.8, 4) is 0 Å². The molecule has 0 fully saturated rings. The van der Waals surface area contributed by atoms with E-state index in [4.69, 9.17) is 0 Å². The van der Waals surface area contributed by atoms with Gasteiger partial charge in [0, 0.05) is 6.20 Å². The molecular formula is C7H5FN2. The zero-order valence-corrected chi connectivity index (χ0v) is 5.16. The van der Waals surface area contributed by atoms with Crippen LogP contribution in [-0.4, -0.2) is 9.38 Å². The molecule has 0 radical (unpaired) electrons. The fraction of sp³-hybridized carbons (Fsp3) is 0. The molecule has 0 bridgehead atoms. The molecule has 0 unspecified atom stereocenters. The van der Waals surface area contributed by atoms with Gasteiger partial charge in [-0.1, -0.05) is 0 Å². The van der Waals surface area contributed by atoms with Gasteiger partial charge in [-0.25, -0.2) is 9.37 Å². The first kappa shape index (κ1) is 5.41. The summed E-state index contributed by atoms with van der Waals surface area (Å²) < 4.78 is 14.2. The number of aromatic nitrogens is 2. The Morgan fingerprint density at radius 2 is 2.40 bits per heavy atom. The van der Waals surface area contributed by atoms with Crippen LogP contribution < -0.4 is 0 Å².